The summed E-state index contributed by atoms with van der Waals surface area (Å²) < 4.78 is 1.51. The zero-order valence-electron chi connectivity index (χ0n) is 19.0. The molecule has 0 heterocycles. The van der Waals surface area contributed by atoms with Crippen LogP contribution in [0.25, 0.3) is 11.1 Å². The molecule has 0 saturated heterocycles. The standard InChI is InChI=1S/C17H17.C5H5.C3H6.2ClH2.2ClH.2Zr/c1-10-5-14-9-15-6-11(2)13(4)8-17(15)16(14)7-12(10)3;1-2-4-5-3-1;1-3-2;;;;;;/h5,7-8H,9H2,1-4H3;1-5H;1-2H3;2*1H2;2*1H;;/q2*-1;;2*+1;;;+2;+4/p-2. The number of hydrogen-bond acceptors (Lipinski definition) is 0. The van der Waals surface area contributed by atoms with Crippen LogP contribution in [0.5, 0.6) is 0 Å². The molecule has 0 bridgehead atoms. The second-order valence-electron chi connectivity index (χ2n) is 7.20. The largest absolute Gasteiger partial charge is 4.00 e. The Labute approximate surface area is 247 Å². The maximum absolute atomic E-state index is 3.54. The summed E-state index contributed by atoms with van der Waals surface area (Å²) in [5, 5.41) is 0. The average molecular weight is 657 g/mol. The van der Waals surface area contributed by atoms with Crippen LogP contribution in [0.1, 0.15) is 47.2 Å². The number of halogens is 4. The van der Waals surface area contributed by atoms with Crippen LogP contribution in [0.4, 0.5) is 0 Å². The average Bonchev–Trinajstić information content (AvgIpc) is 3.21. The molecule has 0 N–H and O–H groups in total. The molecule has 1 aliphatic rings. The van der Waals surface area contributed by atoms with Gasteiger partial charge < -0.3 is 24.8 Å². The Balaban J connectivity index is -0.000000224. The van der Waals surface area contributed by atoms with Gasteiger partial charge in [-0.15, -0.1) is 11.1 Å². The van der Waals surface area contributed by atoms with E-state index in [0.717, 1.165) is 6.42 Å². The molecule has 0 aliphatic heterocycles. The van der Waals surface area contributed by atoms with Gasteiger partial charge in [-0.25, -0.2) is 12.1 Å². The van der Waals surface area contributed by atoms with Crippen LogP contribution >= 0.6 is 0 Å². The SMILES string of the molecule is C[C](C)=[Zr+2].Cc1[c-]c2c(cc1C)-c1cc(C)c(C)cc1C2.[Cl-].[Cl-].[ClH2+].[ClH2+].[Zr+4].c1cc[cH-]c1. The molecule has 0 amide bonds. The number of fused-ring (bicyclic) bond motifs is 3. The molecule has 0 aromatic heterocycles. The maximum atomic E-state index is 3.54. The molecule has 0 nitrogen and oxygen atoms in total. The third kappa shape index (κ3) is 12.0. The normalized spacial score (nSPS) is 9.03. The number of aryl methyl sites for hydroxylation is 4. The molecule has 3 aromatic carbocycles. The molecule has 31 heavy (non-hydrogen) atoms. The van der Waals surface area contributed by atoms with E-state index in [1.165, 1.54) is 47.7 Å². The predicted molar refractivity (Wildman–Crippen MR) is 116 cm³/mol. The molecular formula is C25H32Cl4Zr2+4. The second-order valence-corrected chi connectivity index (χ2v) is 9.66. The van der Waals surface area contributed by atoms with Gasteiger partial charge in [0.05, 0.1) is 24.8 Å². The van der Waals surface area contributed by atoms with E-state index in [4.69, 9.17) is 0 Å². The van der Waals surface area contributed by atoms with Crippen molar-refractivity contribution in [2.75, 3.05) is 0 Å². The molecule has 0 spiro atoms. The van der Waals surface area contributed by atoms with Gasteiger partial charge in [-0.05, 0) is 37.0 Å². The molecule has 0 radical (unpaired) electrons. The van der Waals surface area contributed by atoms with Gasteiger partial charge >= 0.3 is 67.5 Å². The third-order valence-corrected chi connectivity index (χ3v) is 4.55. The first-order chi connectivity index (χ1) is 12.3. The summed E-state index contributed by atoms with van der Waals surface area (Å²) in [4.78, 5) is 0. The fourth-order valence-electron chi connectivity index (χ4n) is 2.97. The maximum Gasteiger partial charge on any atom is 4.00 e. The first-order valence-electron chi connectivity index (χ1n) is 9.11. The van der Waals surface area contributed by atoms with E-state index in [2.05, 4.69) is 65.8 Å². The van der Waals surface area contributed by atoms with Crippen LogP contribution in [0.3, 0.4) is 0 Å². The summed E-state index contributed by atoms with van der Waals surface area (Å²) in [6.07, 6.45) is 1.05. The molecule has 0 saturated carbocycles. The van der Waals surface area contributed by atoms with Crippen molar-refractivity contribution in [1.29, 1.82) is 0 Å². The van der Waals surface area contributed by atoms with Crippen LogP contribution < -0.4 is 24.8 Å². The minimum Gasteiger partial charge on any atom is -1.00 e. The van der Waals surface area contributed by atoms with Crippen LogP contribution in [-0.2, 0) is 56.9 Å². The first-order valence-corrected chi connectivity index (χ1v) is 10.3. The summed E-state index contributed by atoms with van der Waals surface area (Å²) in [5.41, 5.74) is 11.0. The van der Waals surface area contributed by atoms with Gasteiger partial charge in [0, 0.05) is 0 Å². The topological polar surface area (TPSA) is 0 Å². The quantitative estimate of drug-likeness (QED) is 0.222. The van der Waals surface area contributed by atoms with Crippen molar-refractivity contribution in [3.05, 3.63) is 88.0 Å². The Bertz CT molecular complexity index is 828. The number of benzene rings is 2. The molecule has 4 rings (SSSR count). The minimum absolute atomic E-state index is 0. The van der Waals surface area contributed by atoms with E-state index >= 15 is 0 Å². The summed E-state index contributed by atoms with van der Waals surface area (Å²) in [6, 6.07) is 20.5. The van der Waals surface area contributed by atoms with E-state index in [1.807, 2.05) is 30.3 Å². The second kappa shape index (κ2) is 19.0. The van der Waals surface area contributed by atoms with Gasteiger partial charge in [0.2, 0.25) is 0 Å². The molecule has 0 atom stereocenters. The van der Waals surface area contributed by atoms with E-state index in [9.17, 15) is 0 Å². The Morgan fingerprint density at radius 1 is 0.839 bits per heavy atom. The van der Waals surface area contributed by atoms with Crippen molar-refractivity contribution in [1.82, 2.24) is 0 Å². The Hall–Kier alpha value is 0.586. The minimum atomic E-state index is 0. The van der Waals surface area contributed by atoms with Gasteiger partial charge in [-0.1, -0.05) is 31.5 Å². The fourth-order valence-corrected chi connectivity index (χ4v) is 2.97. The Kier molecular flexibility index (Phi) is 23.7. The molecule has 1 aliphatic carbocycles. The predicted octanol–water partition coefficient (Wildman–Crippen LogP) is -0.623. The van der Waals surface area contributed by atoms with Gasteiger partial charge in [0.1, 0.15) is 0 Å². The molecule has 164 valence electrons. The molecule has 0 fully saturated rings. The van der Waals surface area contributed by atoms with Gasteiger partial charge in [-0.3, -0.25) is 0 Å². The molecular weight excluding hydrogens is 625 g/mol. The molecule has 0 unspecified atom stereocenters. The first kappa shape index (κ1) is 38.8. The van der Waals surface area contributed by atoms with Crippen molar-refractivity contribution in [3.8, 4) is 11.1 Å². The fraction of sp³-hybridized carbons (Fsp3) is 0.280. The van der Waals surface area contributed by atoms with Crippen molar-refractivity contribution in [2.24, 2.45) is 0 Å². The number of hydrogen-bond donors (Lipinski definition) is 0. The van der Waals surface area contributed by atoms with E-state index in [1.54, 1.807) is 24.2 Å². The third-order valence-electron chi connectivity index (χ3n) is 4.55. The summed E-state index contributed by atoms with van der Waals surface area (Å²) >= 11 is 1.55. The number of rotatable bonds is 0. The van der Waals surface area contributed by atoms with Crippen molar-refractivity contribution in [2.45, 2.75) is 48.0 Å². The van der Waals surface area contributed by atoms with Crippen molar-refractivity contribution < 1.29 is 100 Å². The zero-order chi connectivity index (χ0) is 19.3. The monoisotopic (exact) mass is 652 g/mol. The van der Waals surface area contributed by atoms with Gasteiger partial charge in [0.15, 0.2) is 0 Å². The van der Waals surface area contributed by atoms with Gasteiger partial charge in [0.25, 0.3) is 0 Å². The molecule has 3 aromatic rings. The summed E-state index contributed by atoms with van der Waals surface area (Å²) in [7, 11) is 0. The smallest absolute Gasteiger partial charge is 1.00 e. The van der Waals surface area contributed by atoms with E-state index < -0.39 is 0 Å². The van der Waals surface area contributed by atoms with Crippen molar-refractivity contribution in [3.63, 3.8) is 0 Å². The summed E-state index contributed by atoms with van der Waals surface area (Å²) in [6.45, 7) is 13.0. The zero-order valence-corrected chi connectivity index (χ0v) is 27.2. The molecule has 6 heteroatoms. The van der Waals surface area contributed by atoms with Crippen LogP contribution in [0, 0.1) is 58.6 Å². The van der Waals surface area contributed by atoms with Crippen LogP contribution in [0.2, 0.25) is 0 Å². The summed E-state index contributed by atoms with van der Waals surface area (Å²) in [5.74, 6) is 0. The van der Waals surface area contributed by atoms with Crippen LogP contribution in [0.15, 0.2) is 48.5 Å². The van der Waals surface area contributed by atoms with Crippen LogP contribution in [-0.4, -0.2) is 3.21 Å². The van der Waals surface area contributed by atoms with E-state index in [-0.39, 0.29) is 75.8 Å². The van der Waals surface area contributed by atoms with Gasteiger partial charge in [-0.2, -0.15) is 41.5 Å². The van der Waals surface area contributed by atoms with Crippen molar-refractivity contribution >= 4 is 3.21 Å². The van der Waals surface area contributed by atoms with E-state index in [0.29, 0.717) is 0 Å². The Morgan fingerprint density at radius 3 is 1.74 bits per heavy atom. The Morgan fingerprint density at radius 2 is 1.29 bits per heavy atom.